The SMILES string of the molecule is COc1ccc(C2(NC(=O)NCc3ccccn3)CC2)cc1. The highest BCUT2D eigenvalue weighted by atomic mass is 16.5. The van der Waals surface area contributed by atoms with Crippen LogP contribution in [0.15, 0.2) is 48.7 Å². The number of pyridine rings is 1. The molecule has 1 aromatic heterocycles. The van der Waals surface area contributed by atoms with Gasteiger partial charge in [-0.05, 0) is 42.7 Å². The number of rotatable bonds is 5. The molecule has 1 aliphatic rings. The van der Waals surface area contributed by atoms with Crippen LogP contribution in [0.5, 0.6) is 5.75 Å². The summed E-state index contributed by atoms with van der Waals surface area (Å²) in [5, 5.41) is 5.92. The van der Waals surface area contributed by atoms with Crippen LogP contribution in [0.4, 0.5) is 4.79 Å². The predicted octanol–water partition coefficient (Wildman–Crippen LogP) is 2.58. The summed E-state index contributed by atoms with van der Waals surface area (Å²) in [7, 11) is 1.64. The maximum Gasteiger partial charge on any atom is 0.315 e. The summed E-state index contributed by atoms with van der Waals surface area (Å²) in [6.07, 6.45) is 3.63. The second-order valence-corrected chi connectivity index (χ2v) is 5.44. The first-order chi connectivity index (χ1) is 10.7. The molecule has 2 aromatic rings. The van der Waals surface area contributed by atoms with Gasteiger partial charge in [-0.15, -0.1) is 0 Å². The molecule has 1 heterocycles. The first kappa shape index (κ1) is 14.4. The summed E-state index contributed by atoms with van der Waals surface area (Å²) in [4.78, 5) is 16.3. The molecule has 0 radical (unpaired) electrons. The molecule has 0 bridgehead atoms. The van der Waals surface area contributed by atoms with Crippen molar-refractivity contribution in [2.75, 3.05) is 7.11 Å². The third-order valence-electron chi connectivity index (χ3n) is 3.90. The van der Waals surface area contributed by atoms with Crippen molar-refractivity contribution >= 4 is 6.03 Å². The topological polar surface area (TPSA) is 63.2 Å². The average Bonchev–Trinajstić information content (AvgIpc) is 3.35. The number of urea groups is 1. The van der Waals surface area contributed by atoms with Crippen molar-refractivity contribution in [1.82, 2.24) is 15.6 Å². The van der Waals surface area contributed by atoms with Crippen molar-refractivity contribution in [3.8, 4) is 5.75 Å². The van der Waals surface area contributed by atoms with Crippen molar-refractivity contribution in [2.24, 2.45) is 0 Å². The molecule has 3 rings (SSSR count). The Kier molecular flexibility index (Phi) is 3.96. The van der Waals surface area contributed by atoms with E-state index < -0.39 is 0 Å². The molecule has 0 atom stereocenters. The summed E-state index contributed by atoms with van der Waals surface area (Å²) < 4.78 is 5.16. The highest BCUT2D eigenvalue weighted by Crippen LogP contribution is 2.45. The maximum absolute atomic E-state index is 12.1. The lowest BCUT2D eigenvalue weighted by Gasteiger charge is -2.18. The summed E-state index contributed by atoms with van der Waals surface area (Å²) in [5.41, 5.74) is 1.72. The molecule has 0 saturated heterocycles. The van der Waals surface area contributed by atoms with Gasteiger partial charge < -0.3 is 15.4 Å². The fraction of sp³-hybridized carbons (Fsp3) is 0.294. The van der Waals surface area contributed by atoms with Gasteiger partial charge in [0.1, 0.15) is 5.75 Å². The van der Waals surface area contributed by atoms with E-state index in [1.165, 1.54) is 0 Å². The number of hydrogen-bond acceptors (Lipinski definition) is 3. The van der Waals surface area contributed by atoms with E-state index in [9.17, 15) is 4.79 Å². The minimum absolute atomic E-state index is 0.168. The third kappa shape index (κ3) is 3.19. The van der Waals surface area contributed by atoms with Gasteiger partial charge in [-0.2, -0.15) is 0 Å². The Labute approximate surface area is 129 Å². The van der Waals surface area contributed by atoms with Gasteiger partial charge in [-0.3, -0.25) is 4.98 Å². The molecule has 1 aromatic carbocycles. The van der Waals surface area contributed by atoms with E-state index in [0.29, 0.717) is 6.54 Å². The quantitative estimate of drug-likeness (QED) is 0.891. The number of nitrogens with one attached hydrogen (secondary N) is 2. The maximum atomic E-state index is 12.1. The van der Waals surface area contributed by atoms with Gasteiger partial charge in [0.05, 0.1) is 24.9 Å². The zero-order valence-electron chi connectivity index (χ0n) is 12.5. The van der Waals surface area contributed by atoms with Crippen LogP contribution < -0.4 is 15.4 Å². The lowest BCUT2D eigenvalue weighted by Crippen LogP contribution is -2.42. The number of carbonyl (C=O) groups is 1. The van der Waals surface area contributed by atoms with Gasteiger partial charge in [0.15, 0.2) is 0 Å². The van der Waals surface area contributed by atoms with Crippen molar-refractivity contribution in [2.45, 2.75) is 24.9 Å². The lowest BCUT2D eigenvalue weighted by atomic mass is 10.1. The number of methoxy groups -OCH3 is 1. The zero-order chi connectivity index (χ0) is 15.4. The Bertz CT molecular complexity index is 637. The Morgan fingerprint density at radius 3 is 2.59 bits per heavy atom. The van der Waals surface area contributed by atoms with Crippen LogP contribution in [-0.2, 0) is 12.1 Å². The van der Waals surface area contributed by atoms with E-state index in [1.54, 1.807) is 13.3 Å². The number of amides is 2. The first-order valence-electron chi connectivity index (χ1n) is 7.32. The summed E-state index contributed by atoms with van der Waals surface area (Å²) >= 11 is 0. The van der Waals surface area contributed by atoms with E-state index in [2.05, 4.69) is 15.6 Å². The summed E-state index contributed by atoms with van der Waals surface area (Å²) in [6, 6.07) is 13.3. The summed E-state index contributed by atoms with van der Waals surface area (Å²) in [5.74, 6) is 0.819. The fourth-order valence-electron chi connectivity index (χ4n) is 2.46. The molecular weight excluding hydrogens is 278 g/mol. The predicted molar refractivity (Wildman–Crippen MR) is 83.5 cm³/mol. The third-order valence-corrected chi connectivity index (χ3v) is 3.90. The zero-order valence-corrected chi connectivity index (χ0v) is 12.5. The minimum Gasteiger partial charge on any atom is -0.497 e. The van der Waals surface area contributed by atoms with Crippen LogP contribution in [0.1, 0.15) is 24.1 Å². The Morgan fingerprint density at radius 2 is 2.00 bits per heavy atom. The molecule has 114 valence electrons. The second kappa shape index (κ2) is 6.05. The van der Waals surface area contributed by atoms with Crippen LogP contribution >= 0.6 is 0 Å². The Morgan fingerprint density at radius 1 is 1.23 bits per heavy atom. The van der Waals surface area contributed by atoms with E-state index in [-0.39, 0.29) is 11.6 Å². The minimum atomic E-state index is -0.236. The molecular formula is C17H19N3O2. The molecule has 22 heavy (non-hydrogen) atoms. The molecule has 1 fully saturated rings. The molecule has 2 amide bonds. The van der Waals surface area contributed by atoms with Gasteiger partial charge in [-0.25, -0.2) is 4.79 Å². The van der Waals surface area contributed by atoms with Gasteiger partial charge >= 0.3 is 6.03 Å². The lowest BCUT2D eigenvalue weighted by molar-refractivity contribution is 0.235. The molecule has 5 heteroatoms. The van der Waals surface area contributed by atoms with Crippen LogP contribution in [0, 0.1) is 0 Å². The van der Waals surface area contributed by atoms with Crippen LogP contribution in [0.2, 0.25) is 0 Å². The van der Waals surface area contributed by atoms with Crippen molar-refractivity contribution in [3.63, 3.8) is 0 Å². The normalized spacial score (nSPS) is 15.0. The fourth-order valence-corrected chi connectivity index (χ4v) is 2.46. The van der Waals surface area contributed by atoms with Crippen molar-refractivity contribution in [3.05, 3.63) is 59.9 Å². The van der Waals surface area contributed by atoms with E-state index in [0.717, 1.165) is 29.8 Å². The molecule has 0 aliphatic heterocycles. The number of nitrogens with zero attached hydrogens (tertiary/aromatic N) is 1. The van der Waals surface area contributed by atoms with Gasteiger partial charge in [-0.1, -0.05) is 18.2 Å². The van der Waals surface area contributed by atoms with E-state index >= 15 is 0 Å². The first-order valence-corrected chi connectivity index (χ1v) is 7.32. The Balaban J connectivity index is 1.58. The smallest absolute Gasteiger partial charge is 0.315 e. The molecule has 2 N–H and O–H groups in total. The molecule has 0 unspecified atom stereocenters. The highest BCUT2D eigenvalue weighted by Gasteiger charge is 2.45. The standard InChI is InChI=1S/C17H19N3O2/c1-22-15-7-5-13(6-8-15)17(9-10-17)20-16(21)19-12-14-4-2-3-11-18-14/h2-8,11H,9-10,12H2,1H3,(H2,19,20,21). The van der Waals surface area contributed by atoms with E-state index in [4.69, 9.17) is 4.74 Å². The molecule has 1 saturated carbocycles. The molecule has 1 aliphatic carbocycles. The van der Waals surface area contributed by atoms with E-state index in [1.807, 2.05) is 42.5 Å². The monoisotopic (exact) mass is 297 g/mol. The number of benzene rings is 1. The highest BCUT2D eigenvalue weighted by molar-refractivity contribution is 5.75. The Hall–Kier alpha value is -2.56. The number of hydrogen-bond donors (Lipinski definition) is 2. The second-order valence-electron chi connectivity index (χ2n) is 5.44. The largest absolute Gasteiger partial charge is 0.497 e. The van der Waals surface area contributed by atoms with Crippen molar-refractivity contribution in [1.29, 1.82) is 0 Å². The van der Waals surface area contributed by atoms with Gasteiger partial charge in [0.2, 0.25) is 0 Å². The number of ether oxygens (including phenoxy) is 1. The molecule has 5 nitrogen and oxygen atoms in total. The van der Waals surface area contributed by atoms with Gasteiger partial charge in [0, 0.05) is 6.20 Å². The van der Waals surface area contributed by atoms with Crippen LogP contribution in [0.3, 0.4) is 0 Å². The average molecular weight is 297 g/mol. The van der Waals surface area contributed by atoms with Crippen molar-refractivity contribution < 1.29 is 9.53 Å². The van der Waals surface area contributed by atoms with Gasteiger partial charge in [0.25, 0.3) is 0 Å². The number of aromatic nitrogens is 1. The van der Waals surface area contributed by atoms with Crippen LogP contribution in [-0.4, -0.2) is 18.1 Å². The molecule has 0 spiro atoms. The number of carbonyl (C=O) groups excluding carboxylic acids is 1. The van der Waals surface area contributed by atoms with Crippen LogP contribution in [0.25, 0.3) is 0 Å². The summed E-state index contributed by atoms with van der Waals surface area (Å²) in [6.45, 7) is 0.422.